The summed E-state index contributed by atoms with van der Waals surface area (Å²) in [7, 11) is 0. The Morgan fingerprint density at radius 3 is 2.38 bits per heavy atom. The molecule has 1 N–H and O–H groups in total. The van der Waals surface area contributed by atoms with Gasteiger partial charge < -0.3 is 10.1 Å². The lowest BCUT2D eigenvalue weighted by molar-refractivity contribution is -0.123. The first-order valence-electron chi connectivity index (χ1n) is 6.23. The SMILES string of the molecule is C[C@H](OC(=O)c1ccncc1)C(=O)Nc1ccc(Br)cc1. The molecule has 1 atom stereocenters. The summed E-state index contributed by atoms with van der Waals surface area (Å²) in [5, 5.41) is 2.68. The van der Waals surface area contributed by atoms with Gasteiger partial charge in [0, 0.05) is 22.6 Å². The molecular formula is C15H13BrN2O3. The molecule has 1 heterocycles. The molecule has 0 fully saturated rings. The fourth-order valence-corrected chi connectivity index (χ4v) is 1.81. The first-order valence-corrected chi connectivity index (χ1v) is 7.03. The Balaban J connectivity index is 1.93. The van der Waals surface area contributed by atoms with Crippen LogP contribution in [-0.4, -0.2) is 23.0 Å². The van der Waals surface area contributed by atoms with Crippen molar-refractivity contribution in [3.05, 3.63) is 58.8 Å². The molecule has 21 heavy (non-hydrogen) atoms. The molecule has 108 valence electrons. The van der Waals surface area contributed by atoms with Gasteiger partial charge in [-0.3, -0.25) is 9.78 Å². The van der Waals surface area contributed by atoms with Gasteiger partial charge in [-0.25, -0.2) is 4.79 Å². The van der Waals surface area contributed by atoms with Crippen molar-refractivity contribution in [2.24, 2.45) is 0 Å². The number of hydrogen-bond donors (Lipinski definition) is 1. The van der Waals surface area contributed by atoms with E-state index in [-0.39, 0.29) is 5.91 Å². The molecule has 6 heteroatoms. The Hall–Kier alpha value is -2.21. The zero-order valence-corrected chi connectivity index (χ0v) is 12.8. The monoisotopic (exact) mass is 348 g/mol. The van der Waals surface area contributed by atoms with Crippen molar-refractivity contribution in [2.75, 3.05) is 5.32 Å². The molecule has 5 nitrogen and oxygen atoms in total. The van der Waals surface area contributed by atoms with Gasteiger partial charge in [-0.05, 0) is 43.3 Å². The number of pyridine rings is 1. The van der Waals surface area contributed by atoms with Gasteiger partial charge >= 0.3 is 5.97 Å². The summed E-state index contributed by atoms with van der Waals surface area (Å²) < 4.78 is 6.02. The third-order valence-electron chi connectivity index (χ3n) is 2.68. The van der Waals surface area contributed by atoms with E-state index in [2.05, 4.69) is 26.2 Å². The molecule has 0 spiro atoms. The Morgan fingerprint density at radius 2 is 1.76 bits per heavy atom. The molecule has 0 aliphatic heterocycles. The number of carbonyl (C=O) groups is 2. The molecule has 0 unspecified atom stereocenters. The average Bonchev–Trinajstić information content (AvgIpc) is 2.50. The molecule has 0 saturated heterocycles. The first-order chi connectivity index (χ1) is 10.1. The van der Waals surface area contributed by atoms with Crippen LogP contribution in [0, 0.1) is 0 Å². The topological polar surface area (TPSA) is 68.3 Å². The Labute approximate surface area is 130 Å². The molecular weight excluding hydrogens is 336 g/mol. The molecule has 1 aromatic heterocycles. The number of anilines is 1. The maximum Gasteiger partial charge on any atom is 0.339 e. The molecule has 1 amide bonds. The van der Waals surface area contributed by atoms with Gasteiger partial charge in [-0.15, -0.1) is 0 Å². The largest absolute Gasteiger partial charge is 0.449 e. The zero-order chi connectivity index (χ0) is 15.2. The number of nitrogens with zero attached hydrogens (tertiary/aromatic N) is 1. The number of rotatable bonds is 4. The molecule has 0 aliphatic carbocycles. The molecule has 2 rings (SSSR count). The summed E-state index contributed by atoms with van der Waals surface area (Å²) in [5.41, 5.74) is 0.989. The quantitative estimate of drug-likeness (QED) is 0.862. The van der Waals surface area contributed by atoms with Crippen molar-refractivity contribution in [3.8, 4) is 0 Å². The van der Waals surface area contributed by atoms with Gasteiger partial charge in [0.25, 0.3) is 5.91 Å². The maximum atomic E-state index is 12.0. The zero-order valence-electron chi connectivity index (χ0n) is 11.2. The number of amides is 1. The minimum atomic E-state index is -0.894. The summed E-state index contributed by atoms with van der Waals surface area (Å²) >= 11 is 3.31. The van der Waals surface area contributed by atoms with Crippen molar-refractivity contribution in [1.82, 2.24) is 4.98 Å². The fourth-order valence-electron chi connectivity index (χ4n) is 1.55. The van der Waals surface area contributed by atoms with Crippen molar-refractivity contribution < 1.29 is 14.3 Å². The van der Waals surface area contributed by atoms with E-state index in [1.807, 2.05) is 12.1 Å². The van der Waals surface area contributed by atoms with Crippen LogP contribution < -0.4 is 5.32 Å². The minimum Gasteiger partial charge on any atom is -0.449 e. The van der Waals surface area contributed by atoms with Crippen molar-refractivity contribution >= 4 is 33.5 Å². The van der Waals surface area contributed by atoms with E-state index in [0.717, 1.165) is 4.47 Å². The molecule has 0 radical (unpaired) electrons. The van der Waals surface area contributed by atoms with Crippen molar-refractivity contribution in [2.45, 2.75) is 13.0 Å². The number of halogens is 1. The van der Waals surface area contributed by atoms with Crippen LogP contribution >= 0.6 is 15.9 Å². The van der Waals surface area contributed by atoms with E-state index >= 15 is 0 Å². The minimum absolute atomic E-state index is 0.355. The van der Waals surface area contributed by atoms with Gasteiger partial charge in [0.2, 0.25) is 0 Å². The standard InChI is InChI=1S/C15H13BrN2O3/c1-10(21-15(20)11-6-8-17-9-7-11)14(19)18-13-4-2-12(16)3-5-13/h2-10H,1H3,(H,18,19)/t10-/m0/s1. The van der Waals surface area contributed by atoms with Crippen LogP contribution in [0.1, 0.15) is 17.3 Å². The highest BCUT2D eigenvalue weighted by atomic mass is 79.9. The van der Waals surface area contributed by atoms with Crippen molar-refractivity contribution in [3.63, 3.8) is 0 Å². The number of benzene rings is 1. The summed E-state index contributed by atoms with van der Waals surface area (Å²) in [6.07, 6.45) is 2.08. The lowest BCUT2D eigenvalue weighted by Crippen LogP contribution is -2.29. The van der Waals surface area contributed by atoms with Crippen LogP contribution in [0.25, 0.3) is 0 Å². The average molecular weight is 349 g/mol. The number of aromatic nitrogens is 1. The van der Waals surface area contributed by atoms with E-state index in [1.54, 1.807) is 12.1 Å². The Kier molecular flexibility index (Phi) is 5.05. The number of esters is 1. The van der Waals surface area contributed by atoms with E-state index in [9.17, 15) is 9.59 Å². The lowest BCUT2D eigenvalue weighted by Gasteiger charge is -2.13. The molecule has 1 aromatic carbocycles. The first kappa shape index (κ1) is 15.2. The lowest BCUT2D eigenvalue weighted by atomic mass is 10.2. The molecule has 0 saturated carbocycles. The van der Waals surface area contributed by atoms with Gasteiger partial charge in [0.1, 0.15) is 0 Å². The third kappa shape index (κ3) is 4.39. The second kappa shape index (κ2) is 6.99. The maximum absolute atomic E-state index is 12.0. The predicted octanol–water partition coefficient (Wildman–Crippen LogP) is 3.03. The summed E-state index contributed by atoms with van der Waals surface area (Å²) in [6.45, 7) is 1.52. The second-order valence-corrected chi connectivity index (χ2v) is 5.20. The van der Waals surface area contributed by atoms with E-state index in [4.69, 9.17) is 4.74 Å². The normalized spacial score (nSPS) is 11.5. The van der Waals surface area contributed by atoms with Gasteiger partial charge in [-0.1, -0.05) is 15.9 Å². The summed E-state index contributed by atoms with van der Waals surface area (Å²) in [6, 6.07) is 10.2. The van der Waals surface area contributed by atoms with Crippen LogP contribution in [0.2, 0.25) is 0 Å². The van der Waals surface area contributed by atoms with Gasteiger partial charge in [0.05, 0.1) is 5.56 Å². The number of hydrogen-bond acceptors (Lipinski definition) is 4. The van der Waals surface area contributed by atoms with E-state index in [1.165, 1.54) is 31.5 Å². The van der Waals surface area contributed by atoms with Crippen LogP contribution in [0.15, 0.2) is 53.3 Å². The van der Waals surface area contributed by atoms with Crippen LogP contribution in [0.4, 0.5) is 5.69 Å². The highest BCUT2D eigenvalue weighted by Gasteiger charge is 2.18. The van der Waals surface area contributed by atoms with Crippen LogP contribution in [0.5, 0.6) is 0 Å². The Bertz CT molecular complexity index is 629. The summed E-state index contributed by atoms with van der Waals surface area (Å²) in [4.78, 5) is 27.6. The number of nitrogens with one attached hydrogen (secondary N) is 1. The second-order valence-electron chi connectivity index (χ2n) is 4.28. The van der Waals surface area contributed by atoms with Crippen LogP contribution in [0.3, 0.4) is 0 Å². The number of carbonyl (C=O) groups excluding carboxylic acids is 2. The number of ether oxygens (including phenoxy) is 1. The third-order valence-corrected chi connectivity index (χ3v) is 3.21. The highest BCUT2D eigenvalue weighted by Crippen LogP contribution is 2.14. The van der Waals surface area contributed by atoms with E-state index < -0.39 is 12.1 Å². The molecule has 2 aromatic rings. The van der Waals surface area contributed by atoms with Crippen LogP contribution in [-0.2, 0) is 9.53 Å². The Morgan fingerprint density at radius 1 is 1.14 bits per heavy atom. The summed E-state index contributed by atoms with van der Waals surface area (Å²) in [5.74, 6) is -0.949. The van der Waals surface area contributed by atoms with Gasteiger partial charge in [-0.2, -0.15) is 0 Å². The smallest absolute Gasteiger partial charge is 0.339 e. The van der Waals surface area contributed by atoms with E-state index in [0.29, 0.717) is 11.3 Å². The molecule has 0 bridgehead atoms. The van der Waals surface area contributed by atoms with Crippen molar-refractivity contribution in [1.29, 1.82) is 0 Å². The van der Waals surface area contributed by atoms with Gasteiger partial charge in [0.15, 0.2) is 6.10 Å². The fraction of sp³-hybridized carbons (Fsp3) is 0.133. The predicted molar refractivity (Wildman–Crippen MR) is 81.9 cm³/mol. The molecule has 0 aliphatic rings. The highest BCUT2D eigenvalue weighted by molar-refractivity contribution is 9.10.